The second kappa shape index (κ2) is 5.16. The van der Waals surface area contributed by atoms with Gasteiger partial charge >= 0.3 is 0 Å². The molecule has 104 valence electrons. The van der Waals surface area contributed by atoms with Crippen LogP contribution in [0.1, 0.15) is 56.6 Å². The summed E-state index contributed by atoms with van der Waals surface area (Å²) in [7, 11) is 1.74. The maximum atomic E-state index is 6.47. The van der Waals surface area contributed by atoms with Gasteiger partial charge < -0.3 is 9.47 Å². The summed E-state index contributed by atoms with van der Waals surface area (Å²) in [4.78, 5) is 0. The predicted molar refractivity (Wildman–Crippen MR) is 76.6 cm³/mol. The zero-order valence-corrected chi connectivity index (χ0v) is 12.1. The van der Waals surface area contributed by atoms with Crippen LogP contribution in [-0.4, -0.2) is 13.2 Å². The summed E-state index contributed by atoms with van der Waals surface area (Å²) in [6.07, 6.45) is 8.83. The summed E-state index contributed by atoms with van der Waals surface area (Å²) in [6.45, 7) is 2.26. The van der Waals surface area contributed by atoms with E-state index < -0.39 is 0 Å². The summed E-state index contributed by atoms with van der Waals surface area (Å²) in [5.74, 6) is 0.976. The van der Waals surface area contributed by atoms with Crippen molar-refractivity contribution in [2.24, 2.45) is 0 Å². The van der Waals surface area contributed by atoms with E-state index in [1.54, 1.807) is 7.11 Å². The Bertz CT molecular complexity index is 455. The van der Waals surface area contributed by atoms with E-state index >= 15 is 0 Å². The second-order valence-corrected chi connectivity index (χ2v) is 5.96. The minimum Gasteiger partial charge on any atom is -0.497 e. The average Bonchev–Trinajstić information content (AvgIpc) is 2.45. The second-order valence-electron chi connectivity index (χ2n) is 5.96. The number of hydrogen-bond donors (Lipinski definition) is 0. The SMILES string of the molecule is CCCC[C@]12CCC[C@H](Cc3cc(OC)ccc31)O2. The topological polar surface area (TPSA) is 18.5 Å². The van der Waals surface area contributed by atoms with Crippen LogP contribution in [0.3, 0.4) is 0 Å². The summed E-state index contributed by atoms with van der Waals surface area (Å²) in [6, 6.07) is 6.55. The van der Waals surface area contributed by atoms with Gasteiger partial charge in [0.15, 0.2) is 0 Å². The molecule has 0 amide bonds. The molecule has 19 heavy (non-hydrogen) atoms. The molecular formula is C17H24O2. The van der Waals surface area contributed by atoms with Gasteiger partial charge in [-0.3, -0.25) is 0 Å². The average molecular weight is 260 g/mol. The summed E-state index contributed by atoms with van der Waals surface area (Å²) >= 11 is 0. The number of rotatable bonds is 4. The standard InChI is InChI=1S/C17H24O2/c1-3-4-9-17-10-5-6-15(19-17)12-13-11-14(18-2)7-8-16(13)17/h7-8,11,15H,3-6,9-10,12H2,1-2H3/t15-,17+/m1/s1. The predicted octanol–water partition coefficient (Wildman–Crippen LogP) is 4.21. The van der Waals surface area contributed by atoms with Gasteiger partial charge in [-0.05, 0) is 55.4 Å². The van der Waals surface area contributed by atoms with Crippen molar-refractivity contribution in [2.45, 2.75) is 63.6 Å². The third kappa shape index (κ3) is 2.27. The Morgan fingerprint density at radius 2 is 2.32 bits per heavy atom. The highest BCUT2D eigenvalue weighted by Gasteiger charge is 2.43. The molecule has 3 rings (SSSR count). The molecule has 1 fully saturated rings. The van der Waals surface area contributed by atoms with E-state index in [0.717, 1.165) is 12.2 Å². The first-order valence-corrected chi connectivity index (χ1v) is 7.62. The molecule has 1 saturated heterocycles. The molecule has 0 unspecified atom stereocenters. The van der Waals surface area contributed by atoms with E-state index in [9.17, 15) is 0 Å². The summed E-state index contributed by atoms with van der Waals surface area (Å²) in [5, 5.41) is 0. The minimum absolute atomic E-state index is 0.00121. The van der Waals surface area contributed by atoms with Gasteiger partial charge in [0, 0.05) is 0 Å². The van der Waals surface area contributed by atoms with Gasteiger partial charge in [0.1, 0.15) is 5.75 Å². The zero-order valence-electron chi connectivity index (χ0n) is 12.1. The van der Waals surface area contributed by atoms with Crippen LogP contribution in [0, 0.1) is 0 Å². The molecule has 0 N–H and O–H groups in total. The Balaban J connectivity index is 1.99. The lowest BCUT2D eigenvalue weighted by molar-refractivity contribution is -0.149. The molecule has 0 aliphatic carbocycles. The number of methoxy groups -OCH3 is 1. The lowest BCUT2D eigenvalue weighted by Crippen LogP contribution is -2.44. The van der Waals surface area contributed by atoms with E-state index in [2.05, 4.69) is 25.1 Å². The Kier molecular flexibility index (Phi) is 3.53. The van der Waals surface area contributed by atoms with E-state index in [1.807, 2.05) is 0 Å². The molecule has 0 spiro atoms. The van der Waals surface area contributed by atoms with Crippen molar-refractivity contribution in [2.75, 3.05) is 7.11 Å². The number of fused-ring (bicyclic) bond motifs is 4. The van der Waals surface area contributed by atoms with Gasteiger partial charge in [-0.1, -0.05) is 25.8 Å². The van der Waals surface area contributed by atoms with Crippen LogP contribution in [0.25, 0.3) is 0 Å². The first-order valence-electron chi connectivity index (χ1n) is 7.62. The summed E-state index contributed by atoms with van der Waals surface area (Å²) < 4.78 is 11.8. The quantitative estimate of drug-likeness (QED) is 0.807. The molecule has 2 aliphatic heterocycles. The van der Waals surface area contributed by atoms with Gasteiger partial charge in [0.25, 0.3) is 0 Å². The molecule has 2 atom stereocenters. The molecule has 0 radical (unpaired) electrons. The Morgan fingerprint density at radius 1 is 1.42 bits per heavy atom. The first-order chi connectivity index (χ1) is 9.27. The molecule has 0 saturated carbocycles. The van der Waals surface area contributed by atoms with E-state index in [0.29, 0.717) is 6.10 Å². The van der Waals surface area contributed by atoms with Crippen LogP contribution in [0.2, 0.25) is 0 Å². The van der Waals surface area contributed by atoms with Crippen molar-refractivity contribution >= 4 is 0 Å². The van der Waals surface area contributed by atoms with Crippen molar-refractivity contribution in [1.29, 1.82) is 0 Å². The Labute approximate surface area is 116 Å². The highest BCUT2D eigenvalue weighted by Crippen LogP contribution is 2.47. The lowest BCUT2D eigenvalue weighted by Gasteiger charge is -2.47. The van der Waals surface area contributed by atoms with Crippen LogP contribution < -0.4 is 4.74 Å². The molecule has 2 bridgehead atoms. The van der Waals surface area contributed by atoms with E-state index in [4.69, 9.17) is 9.47 Å². The van der Waals surface area contributed by atoms with Gasteiger partial charge in [0.05, 0.1) is 18.8 Å². The van der Waals surface area contributed by atoms with E-state index in [1.165, 1.54) is 49.7 Å². The lowest BCUT2D eigenvalue weighted by atomic mass is 9.74. The largest absolute Gasteiger partial charge is 0.497 e. The van der Waals surface area contributed by atoms with Gasteiger partial charge in [-0.15, -0.1) is 0 Å². The monoisotopic (exact) mass is 260 g/mol. The number of benzene rings is 1. The molecular weight excluding hydrogens is 236 g/mol. The highest BCUT2D eigenvalue weighted by molar-refractivity contribution is 5.41. The van der Waals surface area contributed by atoms with Crippen molar-refractivity contribution in [3.8, 4) is 5.75 Å². The molecule has 1 aromatic rings. The smallest absolute Gasteiger partial charge is 0.119 e. The van der Waals surface area contributed by atoms with Gasteiger partial charge in [0.2, 0.25) is 0 Å². The van der Waals surface area contributed by atoms with E-state index in [-0.39, 0.29) is 5.60 Å². The Hall–Kier alpha value is -1.02. The molecule has 1 aromatic carbocycles. The fourth-order valence-electron chi connectivity index (χ4n) is 3.73. The molecule has 0 aromatic heterocycles. The fraction of sp³-hybridized carbons (Fsp3) is 0.647. The van der Waals surface area contributed by atoms with Crippen LogP contribution in [0.4, 0.5) is 0 Å². The minimum atomic E-state index is -0.00121. The van der Waals surface area contributed by atoms with Crippen LogP contribution >= 0.6 is 0 Å². The first kappa shape index (κ1) is 13.0. The van der Waals surface area contributed by atoms with Crippen LogP contribution in [0.5, 0.6) is 5.75 Å². The maximum Gasteiger partial charge on any atom is 0.119 e. The van der Waals surface area contributed by atoms with Crippen molar-refractivity contribution in [3.05, 3.63) is 29.3 Å². The number of ether oxygens (including phenoxy) is 2. The number of hydrogen-bond acceptors (Lipinski definition) is 2. The molecule has 2 aliphatic rings. The third-order valence-electron chi connectivity index (χ3n) is 4.68. The van der Waals surface area contributed by atoms with Crippen molar-refractivity contribution in [1.82, 2.24) is 0 Å². The zero-order chi connectivity index (χ0) is 13.3. The fourth-order valence-corrected chi connectivity index (χ4v) is 3.73. The van der Waals surface area contributed by atoms with Crippen LogP contribution in [-0.2, 0) is 16.8 Å². The third-order valence-corrected chi connectivity index (χ3v) is 4.68. The number of unbranched alkanes of at least 4 members (excludes halogenated alkanes) is 1. The molecule has 2 nitrogen and oxygen atoms in total. The molecule has 2 heteroatoms. The van der Waals surface area contributed by atoms with Crippen molar-refractivity contribution < 1.29 is 9.47 Å². The Morgan fingerprint density at radius 3 is 3.11 bits per heavy atom. The normalized spacial score (nSPS) is 28.8. The van der Waals surface area contributed by atoms with Gasteiger partial charge in [-0.2, -0.15) is 0 Å². The maximum absolute atomic E-state index is 6.47. The molecule has 2 heterocycles. The van der Waals surface area contributed by atoms with Crippen molar-refractivity contribution in [3.63, 3.8) is 0 Å². The summed E-state index contributed by atoms with van der Waals surface area (Å²) in [5.41, 5.74) is 2.88. The highest BCUT2D eigenvalue weighted by atomic mass is 16.5. The van der Waals surface area contributed by atoms with Gasteiger partial charge in [-0.25, -0.2) is 0 Å². The van der Waals surface area contributed by atoms with Crippen LogP contribution in [0.15, 0.2) is 18.2 Å².